The van der Waals surface area contributed by atoms with Gasteiger partial charge >= 0.3 is 12.1 Å². The van der Waals surface area contributed by atoms with Crippen molar-refractivity contribution >= 4 is 40.5 Å². The van der Waals surface area contributed by atoms with E-state index < -0.39 is 36.4 Å². The fourth-order valence-corrected chi connectivity index (χ4v) is 8.14. The lowest BCUT2D eigenvalue weighted by Crippen LogP contribution is -2.50. The van der Waals surface area contributed by atoms with Gasteiger partial charge in [-0.25, -0.2) is 14.0 Å². The lowest BCUT2D eigenvalue weighted by atomic mass is 9.75. The summed E-state index contributed by atoms with van der Waals surface area (Å²) in [6, 6.07) is 5.85. The number of alkyl carbamates (subject to hydrolysis) is 1. The topological polar surface area (TPSA) is 139 Å². The summed E-state index contributed by atoms with van der Waals surface area (Å²) in [5.74, 6) is -0.715. The highest BCUT2D eigenvalue weighted by atomic mass is 19.1. The first-order chi connectivity index (χ1) is 23.4. The van der Waals surface area contributed by atoms with Crippen LogP contribution in [-0.4, -0.2) is 84.5 Å². The van der Waals surface area contributed by atoms with Gasteiger partial charge in [0.1, 0.15) is 24.0 Å². The van der Waals surface area contributed by atoms with Gasteiger partial charge in [-0.1, -0.05) is 0 Å². The highest BCUT2D eigenvalue weighted by molar-refractivity contribution is 6.01. The highest BCUT2D eigenvalue weighted by Crippen LogP contribution is 2.42. The number of ether oxygens (including phenoxy) is 3. The number of carbonyl (C=O) groups is 4. The Balaban J connectivity index is 1.28. The molecule has 3 fully saturated rings. The number of halogens is 1. The number of nitrogens with one attached hydrogen (secondary N) is 3. The molecule has 3 N–H and O–H groups in total. The zero-order valence-electron chi connectivity index (χ0n) is 29.5. The number of rotatable bonds is 10. The van der Waals surface area contributed by atoms with E-state index in [4.69, 9.17) is 14.2 Å². The molecule has 49 heavy (non-hydrogen) atoms. The van der Waals surface area contributed by atoms with Crippen molar-refractivity contribution < 1.29 is 37.8 Å². The van der Waals surface area contributed by atoms with Gasteiger partial charge in [0.15, 0.2) is 0 Å². The average molecular weight is 685 g/mol. The van der Waals surface area contributed by atoms with Gasteiger partial charge < -0.3 is 34.7 Å². The Morgan fingerprint density at radius 3 is 2.35 bits per heavy atom. The molecular formula is C37H53FN4O7. The monoisotopic (exact) mass is 684 g/mol. The van der Waals surface area contributed by atoms with Gasteiger partial charge in [-0.3, -0.25) is 9.59 Å². The number of hydrogen-bond donors (Lipinski definition) is 3. The second-order valence-electron chi connectivity index (χ2n) is 14.9. The van der Waals surface area contributed by atoms with Crippen LogP contribution in [0.15, 0.2) is 24.3 Å². The van der Waals surface area contributed by atoms with Gasteiger partial charge in [0, 0.05) is 36.2 Å². The number of fused-ring (bicyclic) bond motifs is 1. The molecule has 3 amide bonds. The number of anilines is 1. The van der Waals surface area contributed by atoms with Crippen molar-refractivity contribution in [2.75, 3.05) is 32.3 Å². The number of likely N-dealkylation sites (tertiary alicyclic amines) is 1. The maximum absolute atomic E-state index is 14.2. The van der Waals surface area contributed by atoms with Gasteiger partial charge in [-0.05, 0) is 128 Å². The van der Waals surface area contributed by atoms with Crippen LogP contribution >= 0.6 is 0 Å². The summed E-state index contributed by atoms with van der Waals surface area (Å²) < 4.78 is 30.1. The van der Waals surface area contributed by atoms with Crippen LogP contribution in [0.1, 0.15) is 96.0 Å². The fraction of sp³-hybridized carbons (Fsp3) is 0.676. The molecule has 11 nitrogen and oxygen atoms in total. The Morgan fingerprint density at radius 2 is 1.71 bits per heavy atom. The first-order valence-corrected chi connectivity index (χ1v) is 17.9. The van der Waals surface area contributed by atoms with E-state index in [1.807, 2.05) is 12.1 Å². The molecule has 0 unspecified atom stereocenters. The summed E-state index contributed by atoms with van der Waals surface area (Å²) >= 11 is 0. The lowest BCUT2D eigenvalue weighted by Gasteiger charge is -2.38. The quantitative estimate of drug-likeness (QED) is 0.247. The van der Waals surface area contributed by atoms with Crippen LogP contribution in [0.3, 0.4) is 0 Å². The number of nitrogens with zero attached hydrogens (tertiary/aromatic N) is 1. The molecular weight excluding hydrogens is 631 g/mol. The van der Waals surface area contributed by atoms with Crippen LogP contribution < -0.4 is 10.6 Å². The van der Waals surface area contributed by atoms with E-state index in [1.54, 1.807) is 51.8 Å². The summed E-state index contributed by atoms with van der Waals surface area (Å²) in [4.78, 5) is 57.8. The third-order valence-electron chi connectivity index (χ3n) is 10.6. The zero-order valence-corrected chi connectivity index (χ0v) is 29.5. The van der Waals surface area contributed by atoms with Crippen LogP contribution in [0.4, 0.5) is 14.9 Å². The van der Waals surface area contributed by atoms with E-state index in [0.717, 1.165) is 43.0 Å². The van der Waals surface area contributed by atoms with E-state index in [1.165, 1.54) is 0 Å². The van der Waals surface area contributed by atoms with Gasteiger partial charge in [0.25, 0.3) is 0 Å². The molecule has 1 saturated heterocycles. The van der Waals surface area contributed by atoms with Gasteiger partial charge in [0.05, 0.1) is 18.8 Å². The molecule has 2 heterocycles. The number of amides is 3. The van der Waals surface area contributed by atoms with Gasteiger partial charge in [-0.15, -0.1) is 0 Å². The molecule has 270 valence electrons. The minimum Gasteiger partial charge on any atom is -0.461 e. The number of aromatic nitrogens is 1. The molecule has 0 bridgehead atoms. The van der Waals surface area contributed by atoms with Crippen molar-refractivity contribution in [3.05, 3.63) is 30.0 Å². The highest BCUT2D eigenvalue weighted by Gasteiger charge is 2.47. The Bertz CT molecular complexity index is 1470. The Hall–Kier alpha value is -3.67. The van der Waals surface area contributed by atoms with Crippen LogP contribution in [0.2, 0.25) is 0 Å². The van der Waals surface area contributed by atoms with Crippen molar-refractivity contribution in [1.82, 2.24) is 15.2 Å². The minimum absolute atomic E-state index is 0.0243. The first kappa shape index (κ1) is 36.6. The van der Waals surface area contributed by atoms with E-state index in [-0.39, 0.29) is 42.3 Å². The smallest absolute Gasteiger partial charge is 0.407 e. The van der Waals surface area contributed by atoms with Crippen LogP contribution in [-0.2, 0) is 23.8 Å². The Morgan fingerprint density at radius 1 is 1.00 bits per heavy atom. The van der Waals surface area contributed by atoms with Crippen molar-refractivity contribution in [2.45, 2.75) is 109 Å². The molecule has 5 rings (SSSR count). The summed E-state index contributed by atoms with van der Waals surface area (Å²) in [6.07, 6.45) is 6.43. The summed E-state index contributed by atoms with van der Waals surface area (Å²) in [6.45, 7) is 7.11. The standard InChI is InChI=1S/C37H53FN4O7/c1-6-48-35(45)30-20-25-19-26(13-16-29(25)40-30)39-33(43)32-28(22-11-14-27(47-5)15-12-22)17-18-42(32)34(44)24-9-7-23(8-10-24)31(21-38)41-36(46)49-37(2,3)4/h13,16,19-20,22-24,27-28,31-32,40H,6-12,14-15,17-18,21H2,1-5H3,(H,39,43)(H,41,46)/t22?,23?,24?,27?,28-,31+,32-/m0/s1. The molecule has 1 aromatic heterocycles. The number of hydrogen-bond acceptors (Lipinski definition) is 7. The molecule has 3 aliphatic rings. The molecule has 2 aliphatic carbocycles. The third-order valence-corrected chi connectivity index (χ3v) is 10.6. The summed E-state index contributed by atoms with van der Waals surface area (Å²) in [5.41, 5.74) is 0.992. The van der Waals surface area contributed by atoms with Gasteiger partial charge in [-0.2, -0.15) is 0 Å². The normalized spacial score (nSPS) is 26.6. The number of esters is 1. The minimum atomic E-state index is -0.706. The molecule has 0 spiro atoms. The van der Waals surface area contributed by atoms with Crippen molar-refractivity contribution in [2.24, 2.45) is 23.7 Å². The van der Waals surface area contributed by atoms with E-state index in [0.29, 0.717) is 49.5 Å². The van der Waals surface area contributed by atoms with Crippen LogP contribution in [0, 0.1) is 23.7 Å². The molecule has 0 radical (unpaired) electrons. The third kappa shape index (κ3) is 8.93. The van der Waals surface area contributed by atoms with Crippen LogP contribution in [0.25, 0.3) is 10.9 Å². The number of H-pyrrole nitrogens is 1. The number of aromatic amines is 1. The predicted molar refractivity (Wildman–Crippen MR) is 184 cm³/mol. The molecule has 1 aliphatic heterocycles. The van der Waals surface area contributed by atoms with Crippen LogP contribution in [0.5, 0.6) is 0 Å². The molecule has 3 atom stereocenters. The number of alkyl halides is 1. The molecule has 12 heteroatoms. The van der Waals surface area contributed by atoms with Crippen molar-refractivity contribution in [3.8, 4) is 0 Å². The second kappa shape index (κ2) is 15.9. The number of carbonyl (C=O) groups excluding carboxylic acids is 4. The lowest BCUT2D eigenvalue weighted by molar-refractivity contribution is -0.142. The molecule has 2 saturated carbocycles. The molecule has 1 aromatic carbocycles. The average Bonchev–Trinajstić information content (AvgIpc) is 3.71. The largest absolute Gasteiger partial charge is 0.461 e. The second-order valence-corrected chi connectivity index (χ2v) is 14.9. The van der Waals surface area contributed by atoms with Gasteiger partial charge in [0.2, 0.25) is 11.8 Å². The summed E-state index contributed by atoms with van der Waals surface area (Å²) in [7, 11) is 1.74. The number of benzene rings is 1. The number of methoxy groups -OCH3 is 1. The zero-order chi connectivity index (χ0) is 35.3. The van der Waals surface area contributed by atoms with E-state index in [2.05, 4.69) is 15.6 Å². The SMILES string of the molecule is CCOC(=O)c1cc2cc(NC(=O)[C@@H]3[C@H](C4CCC(OC)CC4)CCN3C(=O)C3CCC([C@@H](CF)NC(=O)OC(C)(C)C)CC3)ccc2[nH]1. The van der Waals surface area contributed by atoms with Crippen molar-refractivity contribution in [1.29, 1.82) is 0 Å². The maximum Gasteiger partial charge on any atom is 0.407 e. The first-order valence-electron chi connectivity index (χ1n) is 17.9. The Kier molecular flexibility index (Phi) is 11.9. The maximum atomic E-state index is 14.2. The summed E-state index contributed by atoms with van der Waals surface area (Å²) in [5, 5.41) is 6.55. The Labute approximate surface area is 288 Å². The fourth-order valence-electron chi connectivity index (χ4n) is 8.14. The van der Waals surface area contributed by atoms with E-state index >= 15 is 0 Å². The van der Waals surface area contributed by atoms with Crippen molar-refractivity contribution in [3.63, 3.8) is 0 Å². The predicted octanol–water partition coefficient (Wildman–Crippen LogP) is 6.37. The molecule has 2 aromatic rings. The van der Waals surface area contributed by atoms with E-state index in [9.17, 15) is 23.6 Å².